The van der Waals surface area contributed by atoms with E-state index < -0.39 is 6.04 Å². The molecule has 0 amide bonds. The topological polar surface area (TPSA) is 81.5 Å². The van der Waals surface area contributed by atoms with Gasteiger partial charge in [-0.3, -0.25) is 0 Å². The van der Waals surface area contributed by atoms with E-state index in [4.69, 9.17) is 21.3 Å². The molecule has 100 valence electrons. The highest BCUT2D eigenvalue weighted by Gasteiger charge is 2.14. The first-order valence-corrected chi connectivity index (χ1v) is 6.15. The molecule has 0 radical (unpaired) electrons. The first kappa shape index (κ1) is 13.5. The number of para-hydroxylation sites is 1. The molecule has 0 heterocycles. The molecule has 0 aromatic heterocycles. The Morgan fingerprint density at radius 2 is 1.47 bits per heavy atom. The fourth-order valence-electron chi connectivity index (χ4n) is 1.74. The normalized spacial score (nSPS) is 13.8. The Hall–Kier alpha value is -1.88. The molecule has 0 fully saturated rings. The number of ether oxygens (including phenoxy) is 1. The highest BCUT2D eigenvalue weighted by atomic mass is 16.5. The lowest BCUT2D eigenvalue weighted by Crippen LogP contribution is -2.37. The summed E-state index contributed by atoms with van der Waals surface area (Å²) in [6.07, 6.45) is 0. The third kappa shape index (κ3) is 3.54. The lowest BCUT2D eigenvalue weighted by atomic mass is 10.0. The summed E-state index contributed by atoms with van der Waals surface area (Å²) in [5, 5.41) is 8.99. The van der Waals surface area contributed by atoms with Gasteiger partial charge in [-0.15, -0.1) is 0 Å². The summed E-state index contributed by atoms with van der Waals surface area (Å²) in [4.78, 5) is 0. The molecule has 0 bridgehead atoms. The van der Waals surface area contributed by atoms with Crippen molar-refractivity contribution in [3.63, 3.8) is 0 Å². The predicted molar refractivity (Wildman–Crippen MR) is 74.9 cm³/mol. The van der Waals surface area contributed by atoms with Crippen molar-refractivity contribution >= 4 is 0 Å². The van der Waals surface area contributed by atoms with Crippen molar-refractivity contribution in [3.8, 4) is 11.5 Å². The second-order valence-electron chi connectivity index (χ2n) is 4.36. The maximum atomic E-state index is 8.99. The molecule has 4 heteroatoms. The first-order chi connectivity index (χ1) is 9.20. The minimum absolute atomic E-state index is 0.135. The van der Waals surface area contributed by atoms with Crippen LogP contribution in [0.2, 0.25) is 0 Å². The van der Waals surface area contributed by atoms with Crippen molar-refractivity contribution in [1.29, 1.82) is 0 Å². The molecule has 19 heavy (non-hydrogen) atoms. The van der Waals surface area contributed by atoms with E-state index in [9.17, 15) is 0 Å². The van der Waals surface area contributed by atoms with Crippen molar-refractivity contribution in [3.05, 3.63) is 60.2 Å². The molecule has 0 saturated heterocycles. The van der Waals surface area contributed by atoms with Crippen LogP contribution in [0.25, 0.3) is 0 Å². The van der Waals surface area contributed by atoms with Gasteiger partial charge in [0.05, 0.1) is 6.61 Å². The van der Waals surface area contributed by atoms with Crippen LogP contribution in [0, 0.1) is 0 Å². The van der Waals surface area contributed by atoms with Crippen LogP contribution in [0.1, 0.15) is 11.6 Å². The quantitative estimate of drug-likeness (QED) is 0.763. The summed E-state index contributed by atoms with van der Waals surface area (Å²) < 4.78 is 5.68. The average Bonchev–Trinajstić information content (AvgIpc) is 2.47. The van der Waals surface area contributed by atoms with Crippen LogP contribution in [0.3, 0.4) is 0 Å². The van der Waals surface area contributed by atoms with E-state index in [1.807, 2.05) is 54.6 Å². The molecule has 2 unspecified atom stereocenters. The third-order valence-corrected chi connectivity index (χ3v) is 2.92. The maximum Gasteiger partial charge on any atom is 0.127 e. The summed E-state index contributed by atoms with van der Waals surface area (Å²) in [5.74, 6) is 1.52. The molecule has 2 atom stereocenters. The van der Waals surface area contributed by atoms with Gasteiger partial charge in [0.25, 0.3) is 0 Å². The average molecular weight is 258 g/mol. The van der Waals surface area contributed by atoms with Crippen molar-refractivity contribution in [2.75, 3.05) is 6.61 Å². The van der Waals surface area contributed by atoms with Gasteiger partial charge in [-0.25, -0.2) is 0 Å². The summed E-state index contributed by atoms with van der Waals surface area (Å²) in [7, 11) is 0. The van der Waals surface area contributed by atoms with E-state index in [1.54, 1.807) is 0 Å². The van der Waals surface area contributed by atoms with Crippen LogP contribution in [-0.4, -0.2) is 17.8 Å². The molecule has 0 aliphatic rings. The smallest absolute Gasteiger partial charge is 0.127 e. The second-order valence-corrected chi connectivity index (χ2v) is 4.36. The zero-order valence-corrected chi connectivity index (χ0v) is 10.6. The summed E-state index contributed by atoms with van der Waals surface area (Å²) in [6.45, 7) is -0.135. The predicted octanol–water partition coefficient (Wildman–Crippen LogP) is 1.80. The number of nitrogens with two attached hydrogens (primary N) is 2. The molecular formula is C15H18N2O2. The Morgan fingerprint density at radius 3 is 2.05 bits per heavy atom. The molecule has 2 rings (SSSR count). The molecule has 0 aliphatic carbocycles. The van der Waals surface area contributed by atoms with Crippen molar-refractivity contribution in [2.45, 2.75) is 12.1 Å². The van der Waals surface area contributed by atoms with Crippen molar-refractivity contribution in [1.82, 2.24) is 0 Å². The molecule has 4 nitrogen and oxygen atoms in total. The van der Waals surface area contributed by atoms with E-state index in [0.29, 0.717) is 0 Å². The van der Waals surface area contributed by atoms with Crippen LogP contribution in [0.5, 0.6) is 11.5 Å². The Labute approximate surface area is 112 Å². The Morgan fingerprint density at radius 1 is 0.895 bits per heavy atom. The highest BCUT2D eigenvalue weighted by Crippen LogP contribution is 2.23. The zero-order chi connectivity index (χ0) is 13.7. The third-order valence-electron chi connectivity index (χ3n) is 2.92. The maximum absolute atomic E-state index is 8.99. The van der Waals surface area contributed by atoms with Crippen LogP contribution in [-0.2, 0) is 0 Å². The van der Waals surface area contributed by atoms with Gasteiger partial charge in [-0.05, 0) is 29.8 Å². The van der Waals surface area contributed by atoms with E-state index in [1.165, 1.54) is 0 Å². The first-order valence-electron chi connectivity index (χ1n) is 6.15. The monoisotopic (exact) mass is 258 g/mol. The molecule has 2 aromatic rings. The summed E-state index contributed by atoms with van der Waals surface area (Å²) in [5.41, 5.74) is 12.5. The van der Waals surface area contributed by atoms with Crippen LogP contribution in [0.15, 0.2) is 54.6 Å². The van der Waals surface area contributed by atoms with E-state index in [0.717, 1.165) is 17.1 Å². The van der Waals surface area contributed by atoms with Gasteiger partial charge in [-0.1, -0.05) is 30.3 Å². The Kier molecular flexibility index (Phi) is 4.52. The minimum Gasteiger partial charge on any atom is -0.457 e. The fraction of sp³-hybridized carbons (Fsp3) is 0.200. The molecule has 0 spiro atoms. The van der Waals surface area contributed by atoms with Crippen LogP contribution in [0.4, 0.5) is 0 Å². The number of hydrogen-bond acceptors (Lipinski definition) is 4. The van der Waals surface area contributed by atoms with Gasteiger partial charge in [0, 0.05) is 12.1 Å². The van der Waals surface area contributed by atoms with Gasteiger partial charge in [0.2, 0.25) is 0 Å². The van der Waals surface area contributed by atoms with Gasteiger partial charge < -0.3 is 21.3 Å². The van der Waals surface area contributed by atoms with Crippen molar-refractivity contribution < 1.29 is 9.84 Å². The summed E-state index contributed by atoms with van der Waals surface area (Å²) in [6, 6.07) is 16.1. The summed E-state index contributed by atoms with van der Waals surface area (Å²) >= 11 is 0. The molecular weight excluding hydrogens is 240 g/mol. The largest absolute Gasteiger partial charge is 0.457 e. The number of aliphatic hydroxyl groups excluding tert-OH is 1. The van der Waals surface area contributed by atoms with Gasteiger partial charge in [-0.2, -0.15) is 0 Å². The lowest BCUT2D eigenvalue weighted by Gasteiger charge is -2.18. The second kappa shape index (κ2) is 6.33. The van der Waals surface area contributed by atoms with Gasteiger partial charge in [0.15, 0.2) is 0 Å². The highest BCUT2D eigenvalue weighted by molar-refractivity contribution is 5.34. The van der Waals surface area contributed by atoms with Crippen LogP contribution < -0.4 is 16.2 Å². The Bertz CT molecular complexity index is 499. The SMILES string of the molecule is NC(CO)C(N)c1ccc(Oc2ccccc2)cc1. The number of hydrogen-bond donors (Lipinski definition) is 3. The number of rotatable bonds is 5. The zero-order valence-electron chi connectivity index (χ0n) is 10.6. The van der Waals surface area contributed by atoms with Crippen LogP contribution >= 0.6 is 0 Å². The van der Waals surface area contributed by atoms with Gasteiger partial charge in [0.1, 0.15) is 11.5 Å². The van der Waals surface area contributed by atoms with Crippen molar-refractivity contribution in [2.24, 2.45) is 11.5 Å². The fourth-order valence-corrected chi connectivity index (χ4v) is 1.74. The minimum atomic E-state index is -0.458. The standard InChI is InChI=1S/C15H18N2O2/c16-14(10-18)15(17)11-6-8-13(9-7-11)19-12-4-2-1-3-5-12/h1-9,14-15,18H,10,16-17H2. The molecule has 5 N–H and O–H groups in total. The molecule has 0 aliphatic heterocycles. The Balaban J connectivity index is 2.06. The number of aliphatic hydroxyl groups is 1. The van der Waals surface area contributed by atoms with E-state index in [2.05, 4.69) is 0 Å². The lowest BCUT2D eigenvalue weighted by molar-refractivity contribution is 0.250. The van der Waals surface area contributed by atoms with E-state index >= 15 is 0 Å². The van der Waals surface area contributed by atoms with Gasteiger partial charge >= 0.3 is 0 Å². The molecule has 2 aromatic carbocycles. The van der Waals surface area contributed by atoms with E-state index in [-0.39, 0.29) is 12.6 Å². The molecule has 0 saturated carbocycles. The number of benzene rings is 2.